The lowest BCUT2D eigenvalue weighted by Gasteiger charge is -2.49. The summed E-state index contributed by atoms with van der Waals surface area (Å²) in [6.07, 6.45) is 3.57. The Labute approximate surface area is 230 Å². The van der Waals surface area contributed by atoms with Crippen LogP contribution in [-0.4, -0.2) is 61.2 Å². The van der Waals surface area contributed by atoms with Gasteiger partial charge in [0.25, 0.3) is 11.8 Å². The minimum atomic E-state index is -3.61. The Morgan fingerprint density at radius 1 is 1.11 bits per heavy atom. The zero-order valence-corrected chi connectivity index (χ0v) is 22.7. The summed E-state index contributed by atoms with van der Waals surface area (Å²) < 4.78 is 27.1. The van der Waals surface area contributed by atoms with Crippen molar-refractivity contribution in [2.24, 2.45) is 0 Å². The van der Waals surface area contributed by atoms with Gasteiger partial charge in [0.05, 0.1) is 18.2 Å². The summed E-state index contributed by atoms with van der Waals surface area (Å²) in [5, 5.41) is 9.51. The van der Waals surface area contributed by atoms with Gasteiger partial charge in [0, 0.05) is 27.7 Å². The SMILES string of the molecule is CS(=O)(=O)N[C@H]1CCCCC1N1C(=O)c2ccccc2[C@@H](C(=O)NOCC(=O)O)[C@@H]1c1ccc(Cl)cc1Cl. The second-order valence-electron chi connectivity index (χ2n) is 9.39. The van der Waals surface area contributed by atoms with Crippen LogP contribution in [0.3, 0.4) is 0 Å². The van der Waals surface area contributed by atoms with E-state index in [2.05, 4.69) is 10.2 Å². The number of hydrogen-bond donors (Lipinski definition) is 3. The zero-order valence-electron chi connectivity index (χ0n) is 20.4. The Bertz CT molecular complexity index is 1350. The van der Waals surface area contributed by atoms with Crippen molar-refractivity contribution >= 4 is 51.0 Å². The number of carbonyl (C=O) groups excluding carboxylic acids is 2. The summed E-state index contributed by atoms with van der Waals surface area (Å²) in [4.78, 5) is 45.1. The molecule has 0 bridgehead atoms. The fourth-order valence-electron chi connectivity index (χ4n) is 5.36. The van der Waals surface area contributed by atoms with Gasteiger partial charge in [0.1, 0.15) is 0 Å². The highest BCUT2D eigenvalue weighted by Crippen LogP contribution is 2.47. The standard InChI is InChI=1S/C25H27Cl2N3O7S/c1-38(35,36)29-19-8-4-5-9-20(19)30-23(17-11-10-14(26)12-18(17)27)22(24(33)28-37-13-21(31)32)15-6-2-3-7-16(15)25(30)34/h2-3,6-7,10-12,19-20,22-23,29H,4-5,8-9,13H2,1H3,(H,28,33)(H,31,32)/t19-,20?,22+,23-/m0/s1. The Kier molecular flexibility index (Phi) is 8.63. The molecule has 1 fully saturated rings. The number of fused-ring (bicyclic) bond motifs is 1. The lowest BCUT2D eigenvalue weighted by molar-refractivity contribution is -0.150. The third-order valence-electron chi connectivity index (χ3n) is 6.76. The maximum Gasteiger partial charge on any atom is 0.332 e. The van der Waals surface area contributed by atoms with Gasteiger partial charge >= 0.3 is 5.97 Å². The highest BCUT2D eigenvalue weighted by atomic mass is 35.5. The average molecular weight is 584 g/mol. The fourth-order valence-corrected chi connectivity index (χ4v) is 6.71. The first-order valence-electron chi connectivity index (χ1n) is 11.9. The molecule has 1 saturated carbocycles. The van der Waals surface area contributed by atoms with E-state index in [0.717, 1.165) is 19.1 Å². The molecule has 4 rings (SSSR count). The number of rotatable bonds is 8. The Balaban J connectivity index is 1.89. The van der Waals surface area contributed by atoms with Crippen LogP contribution in [0.25, 0.3) is 0 Å². The van der Waals surface area contributed by atoms with Crippen LogP contribution in [0.2, 0.25) is 10.0 Å². The molecule has 3 N–H and O–H groups in total. The highest BCUT2D eigenvalue weighted by Gasteiger charge is 2.49. The Morgan fingerprint density at radius 3 is 2.50 bits per heavy atom. The molecule has 1 unspecified atom stereocenters. The number of hydrogen-bond acceptors (Lipinski definition) is 6. The number of sulfonamides is 1. The largest absolute Gasteiger partial charge is 0.479 e. The lowest BCUT2D eigenvalue weighted by Crippen LogP contribution is -2.59. The molecular weight excluding hydrogens is 557 g/mol. The summed E-state index contributed by atoms with van der Waals surface area (Å²) in [6.45, 7) is -0.766. The van der Waals surface area contributed by atoms with Gasteiger partial charge in [-0.1, -0.05) is 60.3 Å². The maximum absolute atomic E-state index is 14.1. The molecule has 2 amide bonds. The van der Waals surface area contributed by atoms with E-state index >= 15 is 0 Å². The maximum atomic E-state index is 14.1. The van der Waals surface area contributed by atoms with Crippen molar-refractivity contribution in [1.82, 2.24) is 15.1 Å². The first-order valence-corrected chi connectivity index (χ1v) is 14.6. The molecule has 0 radical (unpaired) electrons. The van der Waals surface area contributed by atoms with E-state index in [9.17, 15) is 22.8 Å². The first-order chi connectivity index (χ1) is 18.0. The van der Waals surface area contributed by atoms with Crippen LogP contribution in [0, 0.1) is 0 Å². The van der Waals surface area contributed by atoms with Crippen molar-refractivity contribution in [3.8, 4) is 0 Å². The number of benzene rings is 2. The number of carboxylic acids is 1. The molecule has 4 atom stereocenters. The second kappa shape index (κ2) is 11.6. The van der Waals surface area contributed by atoms with Crippen LogP contribution in [-0.2, 0) is 24.4 Å². The van der Waals surface area contributed by atoms with E-state index in [1.54, 1.807) is 41.3 Å². The van der Waals surface area contributed by atoms with Crippen molar-refractivity contribution in [1.29, 1.82) is 0 Å². The van der Waals surface area contributed by atoms with E-state index < -0.39 is 52.6 Å². The summed E-state index contributed by atoms with van der Waals surface area (Å²) >= 11 is 12.8. The number of halogens is 2. The van der Waals surface area contributed by atoms with Gasteiger partial charge in [-0.15, -0.1) is 0 Å². The summed E-state index contributed by atoms with van der Waals surface area (Å²) in [6, 6.07) is 9.19. The first kappa shape index (κ1) is 28.3. The van der Waals surface area contributed by atoms with E-state index in [0.29, 0.717) is 29.0 Å². The number of aliphatic carboxylic acids is 1. The summed E-state index contributed by atoms with van der Waals surface area (Å²) in [5.74, 6) is -3.40. The van der Waals surface area contributed by atoms with Crippen LogP contribution in [0.4, 0.5) is 0 Å². The number of hydroxylamine groups is 1. The van der Waals surface area contributed by atoms with Gasteiger partial charge < -0.3 is 10.0 Å². The molecule has 204 valence electrons. The van der Waals surface area contributed by atoms with Gasteiger partial charge in [-0.25, -0.2) is 23.4 Å². The molecule has 38 heavy (non-hydrogen) atoms. The molecule has 1 aliphatic heterocycles. The highest BCUT2D eigenvalue weighted by molar-refractivity contribution is 7.88. The van der Waals surface area contributed by atoms with Crippen LogP contribution < -0.4 is 10.2 Å². The van der Waals surface area contributed by atoms with Crippen LogP contribution in [0.1, 0.15) is 59.1 Å². The molecule has 0 spiro atoms. The molecule has 1 aliphatic carbocycles. The van der Waals surface area contributed by atoms with Crippen LogP contribution in [0.15, 0.2) is 42.5 Å². The van der Waals surface area contributed by atoms with Crippen molar-refractivity contribution in [2.45, 2.75) is 49.7 Å². The van der Waals surface area contributed by atoms with Crippen molar-refractivity contribution < 1.29 is 32.7 Å². The van der Waals surface area contributed by atoms with Crippen molar-refractivity contribution in [2.75, 3.05) is 12.9 Å². The lowest BCUT2D eigenvalue weighted by atomic mass is 9.76. The van der Waals surface area contributed by atoms with Gasteiger partial charge in [-0.3, -0.25) is 14.4 Å². The Hall–Kier alpha value is -2.70. The number of amides is 2. The summed E-state index contributed by atoms with van der Waals surface area (Å²) in [7, 11) is -3.61. The summed E-state index contributed by atoms with van der Waals surface area (Å²) in [5.41, 5.74) is 3.32. The van der Waals surface area contributed by atoms with Gasteiger partial charge in [-0.05, 0) is 42.2 Å². The molecule has 10 nitrogen and oxygen atoms in total. The van der Waals surface area contributed by atoms with Gasteiger partial charge in [0.15, 0.2) is 6.61 Å². The normalized spacial score (nSPS) is 23.6. The molecule has 1 heterocycles. The zero-order chi connectivity index (χ0) is 27.6. The molecule has 0 aromatic heterocycles. The third kappa shape index (κ3) is 6.13. The molecule has 13 heteroatoms. The predicted octanol–water partition coefficient (Wildman–Crippen LogP) is 3.27. The molecule has 2 aliphatic rings. The van der Waals surface area contributed by atoms with E-state index in [1.807, 2.05) is 0 Å². The molecule has 2 aromatic carbocycles. The molecule has 2 aromatic rings. The topological polar surface area (TPSA) is 142 Å². The van der Waals surface area contributed by atoms with Gasteiger partial charge in [-0.2, -0.15) is 0 Å². The van der Waals surface area contributed by atoms with Crippen LogP contribution in [0.5, 0.6) is 0 Å². The number of nitrogens with one attached hydrogen (secondary N) is 2. The van der Waals surface area contributed by atoms with Crippen molar-refractivity contribution in [3.05, 3.63) is 69.2 Å². The Morgan fingerprint density at radius 2 is 1.82 bits per heavy atom. The average Bonchev–Trinajstić information content (AvgIpc) is 2.83. The van der Waals surface area contributed by atoms with E-state index in [1.165, 1.54) is 6.07 Å². The smallest absolute Gasteiger partial charge is 0.332 e. The predicted molar refractivity (Wildman–Crippen MR) is 140 cm³/mol. The van der Waals surface area contributed by atoms with E-state index in [4.69, 9.17) is 33.1 Å². The minimum Gasteiger partial charge on any atom is -0.479 e. The fraction of sp³-hybridized carbons (Fsp3) is 0.400. The van der Waals surface area contributed by atoms with E-state index in [-0.39, 0.29) is 16.5 Å². The van der Waals surface area contributed by atoms with Crippen molar-refractivity contribution in [3.63, 3.8) is 0 Å². The molecule has 0 saturated heterocycles. The quantitative estimate of drug-likeness (QED) is 0.405. The number of carboxylic acid groups (broad SMARTS) is 1. The molecular formula is C25H27Cl2N3O7S. The second-order valence-corrected chi connectivity index (χ2v) is 12.0. The minimum absolute atomic E-state index is 0.215. The number of carbonyl (C=O) groups is 3. The monoisotopic (exact) mass is 583 g/mol. The third-order valence-corrected chi connectivity index (χ3v) is 8.05. The van der Waals surface area contributed by atoms with Crippen LogP contribution >= 0.6 is 23.2 Å². The number of nitrogens with zero attached hydrogens (tertiary/aromatic N) is 1. The van der Waals surface area contributed by atoms with Gasteiger partial charge in [0.2, 0.25) is 10.0 Å².